The zero-order valence-corrected chi connectivity index (χ0v) is 5.81. The van der Waals surface area contributed by atoms with Crippen molar-refractivity contribution in [3.63, 3.8) is 0 Å². The van der Waals surface area contributed by atoms with Gasteiger partial charge in [-0.2, -0.15) is 0 Å². The van der Waals surface area contributed by atoms with E-state index in [9.17, 15) is 0 Å². The first kappa shape index (κ1) is 7.92. The van der Waals surface area contributed by atoms with Gasteiger partial charge in [0.25, 0.3) is 0 Å². The summed E-state index contributed by atoms with van der Waals surface area (Å²) in [5.74, 6) is 1.20. The summed E-state index contributed by atoms with van der Waals surface area (Å²) in [7, 11) is 0. The van der Waals surface area contributed by atoms with Gasteiger partial charge >= 0.3 is 0 Å². The van der Waals surface area contributed by atoms with Crippen molar-refractivity contribution in [2.45, 2.75) is 20.8 Å². The van der Waals surface area contributed by atoms with E-state index in [2.05, 4.69) is 26.3 Å². The van der Waals surface area contributed by atoms with Crippen LogP contribution in [0.4, 0.5) is 0 Å². The summed E-state index contributed by atoms with van der Waals surface area (Å²) in [6.45, 7) is 7.08. The van der Waals surface area contributed by atoms with E-state index >= 15 is 0 Å². The van der Waals surface area contributed by atoms with E-state index < -0.39 is 0 Å². The predicted octanol–water partition coefficient (Wildman–Crippen LogP) is 1.26. The van der Waals surface area contributed by atoms with Crippen molar-refractivity contribution in [3.8, 4) is 0 Å². The predicted molar refractivity (Wildman–Crippen MR) is 33.8 cm³/mol. The van der Waals surface area contributed by atoms with Gasteiger partial charge in [0.05, 0.1) is 0 Å². The van der Waals surface area contributed by atoms with Gasteiger partial charge in [-0.1, -0.05) is 20.8 Å². The molecule has 1 unspecified atom stereocenters. The van der Waals surface area contributed by atoms with Gasteiger partial charge in [0, 0.05) is 6.54 Å². The number of hydroxylamine groups is 1. The largest absolute Gasteiger partial charge is 0.317 e. The molecule has 2 N–H and O–H groups in total. The highest BCUT2D eigenvalue weighted by Crippen LogP contribution is 2.06. The molecular formula is C6H15NO. The number of nitrogens with one attached hydrogen (secondary N) is 1. The molecule has 2 nitrogen and oxygen atoms in total. The second-order valence-corrected chi connectivity index (χ2v) is 2.58. The topological polar surface area (TPSA) is 32.3 Å². The maximum absolute atomic E-state index is 8.24. The molecule has 0 saturated heterocycles. The lowest BCUT2D eigenvalue weighted by Gasteiger charge is -2.12. The van der Waals surface area contributed by atoms with Crippen LogP contribution in [0.15, 0.2) is 0 Å². The van der Waals surface area contributed by atoms with Gasteiger partial charge in [0.2, 0.25) is 0 Å². The van der Waals surface area contributed by atoms with Crippen molar-refractivity contribution < 1.29 is 5.21 Å². The molecule has 0 aliphatic carbocycles. The fourth-order valence-electron chi connectivity index (χ4n) is 0.380. The van der Waals surface area contributed by atoms with Crippen LogP contribution in [-0.4, -0.2) is 11.8 Å². The van der Waals surface area contributed by atoms with Crippen molar-refractivity contribution in [3.05, 3.63) is 0 Å². The summed E-state index contributed by atoms with van der Waals surface area (Å²) < 4.78 is 0. The molecule has 1 atom stereocenters. The van der Waals surface area contributed by atoms with Crippen LogP contribution in [0.25, 0.3) is 0 Å². The molecule has 0 amide bonds. The van der Waals surface area contributed by atoms with Crippen LogP contribution in [0.3, 0.4) is 0 Å². The highest BCUT2D eigenvalue weighted by atomic mass is 16.5. The molecule has 8 heavy (non-hydrogen) atoms. The van der Waals surface area contributed by atoms with Crippen molar-refractivity contribution in [1.82, 2.24) is 5.48 Å². The molecule has 0 aliphatic rings. The molecule has 0 radical (unpaired) electrons. The molecule has 2 heteroatoms. The third-order valence-corrected chi connectivity index (χ3v) is 1.55. The minimum atomic E-state index is 0.556. The normalized spacial score (nSPS) is 14.6. The Morgan fingerprint density at radius 2 is 1.88 bits per heavy atom. The van der Waals surface area contributed by atoms with E-state index in [1.54, 1.807) is 0 Å². The van der Waals surface area contributed by atoms with Gasteiger partial charge in [-0.05, 0) is 11.8 Å². The molecule has 0 fully saturated rings. The van der Waals surface area contributed by atoms with Gasteiger partial charge in [-0.3, -0.25) is 0 Å². The van der Waals surface area contributed by atoms with Crippen LogP contribution in [-0.2, 0) is 0 Å². The van der Waals surface area contributed by atoms with Crippen molar-refractivity contribution in [2.24, 2.45) is 11.8 Å². The van der Waals surface area contributed by atoms with E-state index in [-0.39, 0.29) is 0 Å². The molecule has 0 aliphatic heterocycles. The smallest absolute Gasteiger partial charge is 0.0235 e. The average Bonchev–Trinajstić information content (AvgIpc) is 1.67. The first-order valence-corrected chi connectivity index (χ1v) is 3.05. The molecule has 0 heterocycles. The Morgan fingerprint density at radius 3 is 2.00 bits per heavy atom. The Balaban J connectivity index is 3.17. The maximum atomic E-state index is 8.24. The SMILES string of the molecule is CC(C)C(C)CNO. The monoisotopic (exact) mass is 117 g/mol. The Kier molecular flexibility index (Phi) is 3.83. The highest BCUT2D eigenvalue weighted by Gasteiger charge is 2.03. The van der Waals surface area contributed by atoms with Crippen LogP contribution in [0.5, 0.6) is 0 Å². The lowest BCUT2D eigenvalue weighted by atomic mass is 9.99. The van der Waals surface area contributed by atoms with Gasteiger partial charge < -0.3 is 5.21 Å². The lowest BCUT2D eigenvalue weighted by Crippen LogP contribution is -2.20. The van der Waals surface area contributed by atoms with E-state index in [1.807, 2.05) is 0 Å². The Morgan fingerprint density at radius 1 is 1.38 bits per heavy atom. The molecular weight excluding hydrogens is 102 g/mol. The quantitative estimate of drug-likeness (QED) is 0.545. The molecule has 0 spiro atoms. The summed E-state index contributed by atoms with van der Waals surface area (Å²) in [6.07, 6.45) is 0. The zero-order chi connectivity index (χ0) is 6.57. The average molecular weight is 117 g/mol. The Labute approximate surface area is 50.9 Å². The molecule has 0 aromatic carbocycles. The van der Waals surface area contributed by atoms with Crippen LogP contribution >= 0.6 is 0 Å². The zero-order valence-electron chi connectivity index (χ0n) is 5.81. The Hall–Kier alpha value is -0.0800. The first-order chi connectivity index (χ1) is 3.68. The fourth-order valence-corrected chi connectivity index (χ4v) is 0.380. The third kappa shape index (κ3) is 2.99. The van der Waals surface area contributed by atoms with Crippen LogP contribution < -0.4 is 5.48 Å². The molecule has 0 aromatic rings. The number of hydrogen-bond donors (Lipinski definition) is 2. The van der Waals surface area contributed by atoms with Crippen LogP contribution in [0, 0.1) is 11.8 Å². The van der Waals surface area contributed by atoms with Crippen LogP contribution in [0.1, 0.15) is 20.8 Å². The van der Waals surface area contributed by atoms with E-state index in [4.69, 9.17) is 5.21 Å². The van der Waals surface area contributed by atoms with Crippen LogP contribution in [0.2, 0.25) is 0 Å². The van der Waals surface area contributed by atoms with E-state index in [1.165, 1.54) is 0 Å². The van der Waals surface area contributed by atoms with E-state index in [0.29, 0.717) is 18.4 Å². The molecule has 50 valence electrons. The van der Waals surface area contributed by atoms with Gasteiger partial charge in [0.1, 0.15) is 0 Å². The number of rotatable bonds is 3. The second-order valence-electron chi connectivity index (χ2n) is 2.58. The standard InChI is InChI=1S/C6H15NO/c1-5(2)6(3)4-7-8/h5-8H,4H2,1-3H3. The second kappa shape index (κ2) is 3.87. The van der Waals surface area contributed by atoms with E-state index in [0.717, 1.165) is 0 Å². The molecule has 0 bridgehead atoms. The summed E-state index contributed by atoms with van der Waals surface area (Å²) in [5.41, 5.74) is 2.15. The van der Waals surface area contributed by atoms with Gasteiger partial charge in [-0.15, -0.1) is 0 Å². The number of hydrogen-bond acceptors (Lipinski definition) is 2. The summed E-state index contributed by atoms with van der Waals surface area (Å²) in [6, 6.07) is 0. The fraction of sp³-hybridized carbons (Fsp3) is 1.00. The Bertz CT molecular complexity index is 54.5. The van der Waals surface area contributed by atoms with Crippen molar-refractivity contribution in [1.29, 1.82) is 0 Å². The lowest BCUT2D eigenvalue weighted by molar-refractivity contribution is 0.142. The minimum Gasteiger partial charge on any atom is -0.317 e. The summed E-state index contributed by atoms with van der Waals surface area (Å²) >= 11 is 0. The summed E-state index contributed by atoms with van der Waals surface area (Å²) in [5, 5.41) is 8.24. The van der Waals surface area contributed by atoms with Crippen molar-refractivity contribution in [2.75, 3.05) is 6.54 Å². The summed E-state index contributed by atoms with van der Waals surface area (Å²) in [4.78, 5) is 0. The molecule has 0 aromatic heterocycles. The molecule has 0 rings (SSSR count). The van der Waals surface area contributed by atoms with Gasteiger partial charge in [0.15, 0.2) is 0 Å². The highest BCUT2D eigenvalue weighted by molar-refractivity contribution is 4.55. The third-order valence-electron chi connectivity index (χ3n) is 1.55. The first-order valence-electron chi connectivity index (χ1n) is 3.05. The maximum Gasteiger partial charge on any atom is 0.0235 e. The van der Waals surface area contributed by atoms with Crippen molar-refractivity contribution >= 4 is 0 Å². The molecule has 0 saturated carbocycles. The minimum absolute atomic E-state index is 0.556. The van der Waals surface area contributed by atoms with Gasteiger partial charge in [-0.25, -0.2) is 5.48 Å².